The Hall–Kier alpha value is -0.860. The van der Waals surface area contributed by atoms with Crippen molar-refractivity contribution in [2.75, 3.05) is 6.54 Å². The molecule has 12 heavy (non-hydrogen) atoms. The van der Waals surface area contributed by atoms with Gasteiger partial charge in [-0.3, -0.25) is 5.43 Å². The molecule has 0 aliphatic rings. The minimum absolute atomic E-state index is 0.733. The lowest BCUT2D eigenvalue weighted by Crippen LogP contribution is -1.90. The van der Waals surface area contributed by atoms with Gasteiger partial charge in [-0.2, -0.15) is 5.11 Å². The maximum absolute atomic E-state index is 3.77. The molecule has 0 bridgehead atoms. The van der Waals surface area contributed by atoms with Crippen LogP contribution in [-0.4, -0.2) is 6.54 Å². The van der Waals surface area contributed by atoms with E-state index in [4.69, 9.17) is 0 Å². The van der Waals surface area contributed by atoms with Crippen LogP contribution in [0.25, 0.3) is 0 Å². The van der Waals surface area contributed by atoms with Gasteiger partial charge in [0, 0.05) is 6.20 Å². The molecule has 3 heteroatoms. The Kier molecular flexibility index (Phi) is 9.41. The lowest BCUT2D eigenvalue weighted by molar-refractivity contribution is 0.724. The first-order valence-electron chi connectivity index (χ1n) is 4.68. The molecule has 0 aromatic rings. The van der Waals surface area contributed by atoms with E-state index >= 15 is 0 Å². The van der Waals surface area contributed by atoms with Crippen molar-refractivity contribution in [2.24, 2.45) is 10.3 Å². The number of rotatable bonds is 7. The van der Waals surface area contributed by atoms with E-state index in [2.05, 4.69) is 28.8 Å². The fraction of sp³-hybridized carbons (Fsp3) is 0.778. The lowest BCUT2D eigenvalue weighted by atomic mass is 10.2. The molecule has 0 atom stereocenters. The highest BCUT2D eigenvalue weighted by molar-refractivity contribution is 4.77. The summed E-state index contributed by atoms with van der Waals surface area (Å²) in [4.78, 5) is 0. The van der Waals surface area contributed by atoms with Gasteiger partial charge in [0.15, 0.2) is 0 Å². The van der Waals surface area contributed by atoms with Crippen molar-refractivity contribution in [1.82, 2.24) is 5.43 Å². The van der Waals surface area contributed by atoms with Gasteiger partial charge in [-0.1, -0.05) is 31.1 Å². The Morgan fingerprint density at radius 3 is 2.75 bits per heavy atom. The summed E-state index contributed by atoms with van der Waals surface area (Å²) in [5, 5.41) is 7.46. The second-order valence-corrected chi connectivity index (χ2v) is 2.58. The molecular formula is C9H19N3. The minimum atomic E-state index is 0.733. The van der Waals surface area contributed by atoms with Crippen LogP contribution in [0.4, 0.5) is 0 Å². The molecule has 3 nitrogen and oxygen atoms in total. The molecule has 0 aliphatic carbocycles. The Labute approximate surface area is 74.9 Å². The van der Waals surface area contributed by atoms with Gasteiger partial charge in [-0.25, -0.2) is 0 Å². The third kappa shape index (κ3) is 9.14. The summed E-state index contributed by atoms with van der Waals surface area (Å²) < 4.78 is 0. The van der Waals surface area contributed by atoms with Crippen LogP contribution in [0.1, 0.15) is 39.5 Å². The van der Waals surface area contributed by atoms with E-state index in [1.54, 1.807) is 0 Å². The van der Waals surface area contributed by atoms with E-state index in [0.717, 1.165) is 13.0 Å². The molecule has 0 aliphatic heterocycles. The molecule has 0 rings (SSSR count). The van der Waals surface area contributed by atoms with Crippen molar-refractivity contribution in [3.63, 3.8) is 0 Å². The van der Waals surface area contributed by atoms with Crippen LogP contribution in [0.5, 0.6) is 0 Å². The first-order valence-corrected chi connectivity index (χ1v) is 4.68. The zero-order chi connectivity index (χ0) is 9.07. The van der Waals surface area contributed by atoms with Crippen molar-refractivity contribution in [2.45, 2.75) is 39.5 Å². The second-order valence-electron chi connectivity index (χ2n) is 2.58. The molecule has 0 aromatic heterocycles. The summed E-state index contributed by atoms with van der Waals surface area (Å²) in [6.45, 7) is 4.89. The monoisotopic (exact) mass is 169 g/mol. The van der Waals surface area contributed by atoms with E-state index < -0.39 is 0 Å². The van der Waals surface area contributed by atoms with Gasteiger partial charge in [-0.05, 0) is 19.8 Å². The highest BCUT2D eigenvalue weighted by atomic mass is 15.4. The van der Waals surface area contributed by atoms with Gasteiger partial charge < -0.3 is 0 Å². The predicted octanol–water partition coefficient (Wildman–Crippen LogP) is 3.06. The van der Waals surface area contributed by atoms with Crippen LogP contribution in [-0.2, 0) is 0 Å². The Morgan fingerprint density at radius 1 is 1.25 bits per heavy atom. The quantitative estimate of drug-likeness (QED) is 0.355. The summed E-state index contributed by atoms with van der Waals surface area (Å²) in [5.41, 5.74) is 2.74. The first kappa shape index (κ1) is 11.1. The van der Waals surface area contributed by atoms with Gasteiger partial charge in [-0.15, -0.1) is 0 Å². The largest absolute Gasteiger partial charge is 0.268 e. The molecule has 1 N–H and O–H groups in total. The number of hydrogen-bond donors (Lipinski definition) is 1. The third-order valence-electron chi connectivity index (χ3n) is 1.44. The van der Waals surface area contributed by atoms with Crippen molar-refractivity contribution >= 4 is 0 Å². The number of nitrogens with one attached hydrogen (secondary N) is 1. The van der Waals surface area contributed by atoms with Crippen LogP contribution < -0.4 is 5.43 Å². The molecule has 0 heterocycles. The molecule has 70 valence electrons. The minimum Gasteiger partial charge on any atom is -0.268 e. The average molecular weight is 169 g/mol. The molecule has 0 saturated heterocycles. The van der Waals surface area contributed by atoms with E-state index in [-0.39, 0.29) is 0 Å². The normalized spacial score (nSPS) is 11.5. The molecule has 0 aromatic carbocycles. The summed E-state index contributed by atoms with van der Waals surface area (Å²) in [5.74, 6) is 0. The van der Waals surface area contributed by atoms with Crippen LogP contribution in [0, 0.1) is 0 Å². The Morgan fingerprint density at radius 2 is 2.08 bits per heavy atom. The average Bonchev–Trinajstić information content (AvgIpc) is 2.10. The van der Waals surface area contributed by atoms with Gasteiger partial charge in [0.25, 0.3) is 0 Å². The van der Waals surface area contributed by atoms with Gasteiger partial charge in [0.1, 0.15) is 0 Å². The van der Waals surface area contributed by atoms with Crippen LogP contribution in [0.15, 0.2) is 22.6 Å². The maximum Gasteiger partial charge on any atom is 0.0592 e. The molecule has 0 amide bonds. The highest BCUT2D eigenvalue weighted by Gasteiger charge is 1.80. The number of unbranched alkanes of at least 4 members (excludes halogenated alkanes) is 3. The molecule has 0 unspecified atom stereocenters. The highest BCUT2D eigenvalue weighted by Crippen LogP contribution is 1.98. The lowest BCUT2D eigenvalue weighted by Gasteiger charge is -1.91. The van der Waals surface area contributed by atoms with Gasteiger partial charge in [0.2, 0.25) is 0 Å². The number of allylic oxidation sites excluding steroid dienone is 1. The van der Waals surface area contributed by atoms with Crippen molar-refractivity contribution in [3.05, 3.63) is 12.3 Å². The molecular weight excluding hydrogens is 150 g/mol. The van der Waals surface area contributed by atoms with Crippen molar-refractivity contribution < 1.29 is 0 Å². The number of hydrogen-bond acceptors (Lipinski definition) is 2. The number of nitrogens with zero attached hydrogens (tertiary/aromatic N) is 2. The van der Waals surface area contributed by atoms with Crippen LogP contribution in [0.2, 0.25) is 0 Å². The zero-order valence-electron chi connectivity index (χ0n) is 8.08. The van der Waals surface area contributed by atoms with E-state index in [9.17, 15) is 0 Å². The van der Waals surface area contributed by atoms with E-state index in [1.807, 2.05) is 13.1 Å². The zero-order valence-corrected chi connectivity index (χ0v) is 8.08. The standard InChI is InChI=1S/C9H19N3/c1-3-5-6-7-8-9-11-12-10-4-2/h8-9H,3-7H2,1-2H3,(H,10,11)/b9-8+. The Balaban J connectivity index is 3.08. The van der Waals surface area contributed by atoms with Crippen molar-refractivity contribution in [1.29, 1.82) is 0 Å². The van der Waals surface area contributed by atoms with Gasteiger partial charge >= 0.3 is 0 Å². The Bertz CT molecular complexity index is 130. The summed E-state index contributed by atoms with van der Waals surface area (Å²) in [7, 11) is 0. The van der Waals surface area contributed by atoms with E-state index in [1.165, 1.54) is 19.3 Å². The van der Waals surface area contributed by atoms with E-state index in [0.29, 0.717) is 0 Å². The first-order chi connectivity index (χ1) is 5.91. The fourth-order valence-corrected chi connectivity index (χ4v) is 0.793. The van der Waals surface area contributed by atoms with Crippen LogP contribution >= 0.6 is 0 Å². The van der Waals surface area contributed by atoms with Gasteiger partial charge in [0.05, 0.1) is 6.54 Å². The molecule has 0 radical (unpaired) electrons. The fourth-order valence-electron chi connectivity index (χ4n) is 0.793. The predicted molar refractivity (Wildman–Crippen MR) is 51.8 cm³/mol. The van der Waals surface area contributed by atoms with Crippen LogP contribution in [0.3, 0.4) is 0 Å². The maximum atomic E-state index is 3.77. The topological polar surface area (TPSA) is 36.8 Å². The molecule has 0 fully saturated rings. The summed E-state index contributed by atoms with van der Waals surface area (Å²) >= 11 is 0. The van der Waals surface area contributed by atoms with Crippen molar-refractivity contribution in [3.8, 4) is 0 Å². The third-order valence-corrected chi connectivity index (χ3v) is 1.44. The summed E-state index contributed by atoms with van der Waals surface area (Å²) in [6.07, 6.45) is 8.90. The summed E-state index contributed by atoms with van der Waals surface area (Å²) in [6, 6.07) is 0. The smallest absolute Gasteiger partial charge is 0.0592 e. The molecule has 0 saturated carbocycles. The second kappa shape index (κ2) is 10.1. The molecule has 0 spiro atoms. The SMILES string of the molecule is CCCCC/C=C/NN=NCC.